The smallest absolute Gasteiger partial charge is 0.0803 e. The molecule has 0 heterocycles. The quantitative estimate of drug-likeness (QED) is 0.560. The Bertz CT molecular complexity index is 483. The molecular formula is C17H21N. The monoisotopic (exact) mass is 239 g/mol. The third kappa shape index (κ3) is 3.71. The number of nitrogens with zero attached hydrogens (tertiary/aromatic N) is 1. The first kappa shape index (κ1) is 12.8. The number of aryl methyl sites for hydroxylation is 1. The summed E-state index contributed by atoms with van der Waals surface area (Å²) in [6.45, 7) is 4.02. The lowest BCUT2D eigenvalue weighted by molar-refractivity contribution is -0.893. The standard InChI is InChI=1S/C17H21N/c1-15-9-11-17(12-10-15)14-18(2,3)13-16-7-5-4-6-8-16/h4-12H,2,13-14H2,1,3H3. The van der Waals surface area contributed by atoms with Crippen LogP contribution in [0.5, 0.6) is 0 Å². The Hall–Kier alpha value is -1.60. The fourth-order valence-electron chi connectivity index (χ4n) is 2.21. The zero-order valence-corrected chi connectivity index (χ0v) is 11.3. The molecule has 2 aromatic carbocycles. The fourth-order valence-corrected chi connectivity index (χ4v) is 2.21. The number of hydrogen-bond acceptors (Lipinski definition) is 0. The van der Waals surface area contributed by atoms with Gasteiger partial charge in [0.05, 0.1) is 13.1 Å². The van der Waals surface area contributed by atoms with Gasteiger partial charge in [-0.25, -0.2) is 0 Å². The molecule has 0 spiro atoms. The van der Waals surface area contributed by atoms with E-state index < -0.39 is 0 Å². The molecule has 0 saturated heterocycles. The van der Waals surface area contributed by atoms with Crippen molar-refractivity contribution in [3.05, 3.63) is 78.3 Å². The van der Waals surface area contributed by atoms with Crippen LogP contribution in [0.3, 0.4) is 0 Å². The van der Waals surface area contributed by atoms with Crippen LogP contribution in [0, 0.1) is 14.0 Å². The molecule has 0 aliphatic rings. The van der Waals surface area contributed by atoms with Crippen molar-refractivity contribution in [2.75, 3.05) is 7.05 Å². The molecule has 18 heavy (non-hydrogen) atoms. The summed E-state index contributed by atoms with van der Waals surface area (Å²) in [6.07, 6.45) is 0. The van der Waals surface area contributed by atoms with E-state index in [-0.39, 0.29) is 0 Å². The molecule has 94 valence electrons. The second-order valence-electron chi connectivity index (χ2n) is 5.41. The van der Waals surface area contributed by atoms with Crippen molar-refractivity contribution in [2.24, 2.45) is 0 Å². The van der Waals surface area contributed by atoms with Gasteiger partial charge in [0, 0.05) is 18.2 Å². The summed E-state index contributed by atoms with van der Waals surface area (Å²) in [6, 6.07) is 19.3. The number of rotatable bonds is 4. The molecule has 1 unspecified atom stereocenters. The van der Waals surface area contributed by atoms with Crippen LogP contribution in [0.2, 0.25) is 0 Å². The summed E-state index contributed by atoms with van der Waals surface area (Å²) >= 11 is 0. The molecule has 0 aliphatic carbocycles. The third-order valence-corrected chi connectivity index (χ3v) is 3.09. The summed E-state index contributed by atoms with van der Waals surface area (Å²) in [5.41, 5.74) is 3.98. The van der Waals surface area contributed by atoms with E-state index in [1.165, 1.54) is 16.7 Å². The molecule has 0 fully saturated rings. The number of benzene rings is 2. The van der Waals surface area contributed by atoms with E-state index in [1.807, 2.05) is 0 Å². The molecule has 0 radical (unpaired) electrons. The minimum atomic E-state index is 0.729. The van der Waals surface area contributed by atoms with Crippen LogP contribution in [-0.4, -0.2) is 11.5 Å². The Kier molecular flexibility index (Phi) is 3.83. The van der Waals surface area contributed by atoms with Gasteiger partial charge in [-0.2, -0.15) is 0 Å². The average Bonchev–Trinajstić information content (AvgIpc) is 2.32. The number of quaternary nitrogens is 1. The Morgan fingerprint density at radius 2 is 1.33 bits per heavy atom. The second kappa shape index (κ2) is 5.36. The van der Waals surface area contributed by atoms with Crippen molar-refractivity contribution in [3.63, 3.8) is 0 Å². The van der Waals surface area contributed by atoms with Crippen LogP contribution >= 0.6 is 0 Å². The first-order chi connectivity index (χ1) is 8.55. The molecule has 0 bridgehead atoms. The molecule has 0 aromatic heterocycles. The van der Waals surface area contributed by atoms with E-state index >= 15 is 0 Å². The van der Waals surface area contributed by atoms with Crippen LogP contribution in [0.25, 0.3) is 0 Å². The number of hydrogen-bond donors (Lipinski definition) is 0. The zero-order chi connectivity index (χ0) is 13.0. The molecule has 0 amide bonds. The molecule has 1 nitrogen and oxygen atoms in total. The van der Waals surface area contributed by atoms with Crippen LogP contribution in [0.4, 0.5) is 0 Å². The van der Waals surface area contributed by atoms with E-state index in [1.54, 1.807) is 0 Å². The van der Waals surface area contributed by atoms with E-state index in [2.05, 4.69) is 75.6 Å². The van der Waals surface area contributed by atoms with E-state index in [4.69, 9.17) is 0 Å². The molecule has 0 saturated carbocycles. The van der Waals surface area contributed by atoms with Gasteiger partial charge >= 0.3 is 0 Å². The third-order valence-electron chi connectivity index (χ3n) is 3.09. The first-order valence-corrected chi connectivity index (χ1v) is 6.34. The predicted molar refractivity (Wildman–Crippen MR) is 76.6 cm³/mol. The molecule has 2 rings (SSSR count). The van der Waals surface area contributed by atoms with Crippen molar-refractivity contribution in [1.82, 2.24) is 0 Å². The van der Waals surface area contributed by atoms with Gasteiger partial charge < -0.3 is 4.48 Å². The summed E-state index contributed by atoms with van der Waals surface area (Å²) in [5.74, 6) is 0. The first-order valence-electron chi connectivity index (χ1n) is 6.34. The van der Waals surface area contributed by atoms with Gasteiger partial charge in [0.25, 0.3) is 0 Å². The average molecular weight is 239 g/mol. The lowest BCUT2D eigenvalue weighted by Gasteiger charge is -2.38. The van der Waals surface area contributed by atoms with E-state index in [0.717, 1.165) is 17.6 Å². The summed E-state index contributed by atoms with van der Waals surface area (Å²) in [7, 11) is 6.49. The van der Waals surface area contributed by atoms with Crippen molar-refractivity contribution >= 4 is 0 Å². The van der Waals surface area contributed by atoms with Crippen molar-refractivity contribution < 1.29 is 4.48 Å². The predicted octanol–water partition coefficient (Wildman–Crippen LogP) is 3.93. The molecule has 1 heteroatoms. The second-order valence-corrected chi connectivity index (χ2v) is 5.41. The normalized spacial score (nSPS) is 14.2. The van der Waals surface area contributed by atoms with Gasteiger partial charge in [0.15, 0.2) is 0 Å². The van der Waals surface area contributed by atoms with Gasteiger partial charge in [-0.3, -0.25) is 0 Å². The highest BCUT2D eigenvalue weighted by molar-refractivity contribution is 5.20. The topological polar surface area (TPSA) is 0 Å². The van der Waals surface area contributed by atoms with E-state index in [0.29, 0.717) is 0 Å². The molecular weight excluding hydrogens is 218 g/mol. The highest BCUT2D eigenvalue weighted by Gasteiger charge is 2.10. The maximum Gasteiger partial charge on any atom is 0.0803 e. The highest BCUT2D eigenvalue weighted by Crippen LogP contribution is 2.16. The van der Waals surface area contributed by atoms with Crippen LogP contribution in [0.15, 0.2) is 54.6 Å². The minimum absolute atomic E-state index is 0.729. The van der Waals surface area contributed by atoms with Crippen molar-refractivity contribution in [2.45, 2.75) is 20.0 Å². The molecule has 2 aromatic rings. The zero-order valence-electron chi connectivity index (χ0n) is 11.3. The van der Waals surface area contributed by atoms with Crippen molar-refractivity contribution in [1.29, 1.82) is 0 Å². The summed E-state index contributed by atoms with van der Waals surface area (Å²) < 4.78 is 0.729. The van der Waals surface area contributed by atoms with Gasteiger partial charge in [0.2, 0.25) is 0 Å². The lowest BCUT2D eigenvalue weighted by Crippen LogP contribution is -2.35. The molecule has 0 aliphatic heterocycles. The van der Waals surface area contributed by atoms with E-state index in [9.17, 15) is 0 Å². The Labute approximate surface area is 110 Å². The minimum Gasteiger partial charge on any atom is -0.452 e. The van der Waals surface area contributed by atoms with Crippen LogP contribution in [0.1, 0.15) is 16.7 Å². The summed E-state index contributed by atoms with van der Waals surface area (Å²) in [4.78, 5) is 0. The largest absolute Gasteiger partial charge is 0.452 e. The molecule has 1 atom stereocenters. The SMILES string of the molecule is [CH2-][N+](C)(Cc1ccccc1)Cc1ccc(C)cc1. The van der Waals surface area contributed by atoms with Crippen LogP contribution in [-0.2, 0) is 13.1 Å². The maximum absolute atomic E-state index is 4.32. The van der Waals surface area contributed by atoms with Gasteiger partial charge in [-0.05, 0) is 6.92 Å². The van der Waals surface area contributed by atoms with Gasteiger partial charge in [-0.15, -0.1) is 7.05 Å². The van der Waals surface area contributed by atoms with Crippen LogP contribution < -0.4 is 0 Å². The van der Waals surface area contributed by atoms with Gasteiger partial charge in [0.1, 0.15) is 0 Å². The maximum atomic E-state index is 4.32. The lowest BCUT2D eigenvalue weighted by atomic mass is 10.1. The van der Waals surface area contributed by atoms with Crippen molar-refractivity contribution in [3.8, 4) is 0 Å². The summed E-state index contributed by atoms with van der Waals surface area (Å²) in [5, 5.41) is 0. The fraction of sp³-hybridized carbons (Fsp3) is 0.235. The highest BCUT2D eigenvalue weighted by atomic mass is 15.3. The Balaban J connectivity index is 2.05. The molecule has 0 N–H and O–H groups in total. The van der Waals surface area contributed by atoms with Gasteiger partial charge in [-0.1, -0.05) is 60.2 Å². The Morgan fingerprint density at radius 3 is 1.89 bits per heavy atom. The Morgan fingerprint density at radius 1 is 0.833 bits per heavy atom.